The first-order valence-corrected chi connectivity index (χ1v) is 6.30. The van der Waals surface area contributed by atoms with E-state index in [1.165, 1.54) is 0 Å². The monoisotopic (exact) mass is 239 g/mol. The lowest BCUT2D eigenvalue weighted by atomic mass is 10.1. The van der Waals surface area contributed by atoms with Crippen molar-refractivity contribution in [2.24, 2.45) is 0 Å². The molecular formula is C11H13NO3S. The average molecular weight is 239 g/mol. The van der Waals surface area contributed by atoms with Gasteiger partial charge in [-0.25, -0.2) is 13.1 Å². The van der Waals surface area contributed by atoms with E-state index in [1.54, 1.807) is 24.3 Å². The van der Waals surface area contributed by atoms with Crippen molar-refractivity contribution < 1.29 is 13.2 Å². The second-order valence-corrected chi connectivity index (χ2v) is 4.86. The van der Waals surface area contributed by atoms with E-state index in [4.69, 9.17) is 0 Å². The molecule has 5 heteroatoms. The van der Waals surface area contributed by atoms with Crippen molar-refractivity contribution >= 4 is 15.8 Å². The Balaban J connectivity index is 2.46. The molecule has 1 aromatic carbocycles. The van der Waals surface area contributed by atoms with Gasteiger partial charge in [0.1, 0.15) is 0 Å². The molecule has 0 fully saturated rings. The summed E-state index contributed by atoms with van der Waals surface area (Å²) in [5, 5.41) is 0.819. The number of rotatable bonds is 6. The Hall–Kier alpha value is -1.46. The molecule has 1 rings (SSSR count). The molecule has 1 N–H and O–H groups in total. The van der Waals surface area contributed by atoms with Crippen LogP contribution in [0.3, 0.4) is 0 Å². The summed E-state index contributed by atoms with van der Waals surface area (Å²) >= 11 is 0. The van der Waals surface area contributed by atoms with Gasteiger partial charge in [0.25, 0.3) is 0 Å². The van der Waals surface area contributed by atoms with Crippen LogP contribution in [0.2, 0.25) is 0 Å². The van der Waals surface area contributed by atoms with Crippen molar-refractivity contribution in [3.63, 3.8) is 0 Å². The summed E-state index contributed by atoms with van der Waals surface area (Å²) in [6, 6.07) is 8.74. The molecule has 0 spiro atoms. The van der Waals surface area contributed by atoms with Crippen molar-refractivity contribution in [3.8, 4) is 0 Å². The summed E-state index contributed by atoms with van der Waals surface area (Å²) in [7, 11) is -3.44. The topological polar surface area (TPSA) is 63.2 Å². The molecule has 0 bridgehead atoms. The molecule has 86 valence electrons. The largest absolute Gasteiger partial charge is 0.294 e. The highest BCUT2D eigenvalue weighted by Crippen LogP contribution is 2.02. The Kier molecular flexibility index (Phi) is 4.39. The van der Waals surface area contributed by atoms with Crippen LogP contribution in [-0.4, -0.2) is 20.7 Å². The first kappa shape index (κ1) is 12.6. The second-order valence-electron chi connectivity index (χ2n) is 3.15. The number of ketones is 1. The Labute approximate surface area is 95.0 Å². The van der Waals surface area contributed by atoms with E-state index in [-0.39, 0.29) is 18.7 Å². The second kappa shape index (κ2) is 5.58. The van der Waals surface area contributed by atoms with E-state index in [0.717, 1.165) is 5.41 Å². The summed E-state index contributed by atoms with van der Waals surface area (Å²) < 4.78 is 24.2. The molecule has 0 amide bonds. The van der Waals surface area contributed by atoms with E-state index in [2.05, 4.69) is 11.3 Å². The van der Waals surface area contributed by atoms with Gasteiger partial charge >= 0.3 is 0 Å². The van der Waals surface area contributed by atoms with Crippen molar-refractivity contribution in [2.45, 2.75) is 6.42 Å². The molecule has 0 aromatic heterocycles. The van der Waals surface area contributed by atoms with Crippen LogP contribution in [0, 0.1) is 0 Å². The molecule has 16 heavy (non-hydrogen) atoms. The summed E-state index contributed by atoms with van der Waals surface area (Å²) in [5.74, 6) is -0.0904. The molecule has 0 radical (unpaired) electrons. The molecule has 1 aromatic rings. The minimum atomic E-state index is -3.44. The number of nitrogens with one attached hydrogen (secondary N) is 1. The Morgan fingerprint density at radius 2 is 1.94 bits per heavy atom. The smallest absolute Gasteiger partial charge is 0.233 e. The van der Waals surface area contributed by atoms with Crippen molar-refractivity contribution in [1.82, 2.24) is 4.72 Å². The minimum Gasteiger partial charge on any atom is -0.294 e. The van der Waals surface area contributed by atoms with Crippen LogP contribution >= 0.6 is 0 Å². The molecule has 4 nitrogen and oxygen atoms in total. The fraction of sp³-hybridized carbons (Fsp3) is 0.182. The van der Waals surface area contributed by atoms with Crippen LogP contribution in [0.5, 0.6) is 0 Å². The van der Waals surface area contributed by atoms with Gasteiger partial charge in [-0.15, -0.1) is 0 Å². The summed E-state index contributed by atoms with van der Waals surface area (Å²) in [4.78, 5) is 11.6. The number of Topliss-reactive ketones (excluding diaryl/α,β-unsaturated/α-hetero) is 1. The maximum absolute atomic E-state index is 11.6. The van der Waals surface area contributed by atoms with Crippen LogP contribution in [0.4, 0.5) is 0 Å². The lowest BCUT2D eigenvalue weighted by molar-refractivity contribution is 0.0984. The summed E-state index contributed by atoms with van der Waals surface area (Å²) in [6.07, 6.45) is 0.136. The highest BCUT2D eigenvalue weighted by atomic mass is 32.2. The van der Waals surface area contributed by atoms with E-state index in [1.807, 2.05) is 6.07 Å². The molecule has 0 unspecified atom stereocenters. The third-order valence-electron chi connectivity index (χ3n) is 1.97. The zero-order valence-electron chi connectivity index (χ0n) is 8.72. The van der Waals surface area contributed by atoms with Gasteiger partial charge in [-0.2, -0.15) is 0 Å². The molecule has 0 saturated heterocycles. The molecule has 0 aliphatic rings. The van der Waals surface area contributed by atoms with Crippen LogP contribution in [-0.2, 0) is 10.0 Å². The van der Waals surface area contributed by atoms with E-state index < -0.39 is 10.0 Å². The first-order valence-electron chi connectivity index (χ1n) is 4.75. The third-order valence-corrected chi connectivity index (χ3v) is 3.02. The number of hydrogen-bond donors (Lipinski definition) is 1. The van der Waals surface area contributed by atoms with Crippen LogP contribution in [0.15, 0.2) is 42.3 Å². The Morgan fingerprint density at radius 1 is 1.31 bits per heavy atom. The quantitative estimate of drug-likeness (QED) is 0.761. The lowest BCUT2D eigenvalue weighted by Gasteiger charge is -2.02. The summed E-state index contributed by atoms with van der Waals surface area (Å²) in [5.41, 5.74) is 0.584. The SMILES string of the molecule is C=CS(=O)(=O)NCCC(=O)c1ccccc1. The third kappa shape index (κ3) is 3.96. The number of sulfonamides is 1. The molecule has 0 heterocycles. The average Bonchev–Trinajstić information content (AvgIpc) is 2.30. The van der Waals surface area contributed by atoms with Crippen molar-refractivity contribution in [3.05, 3.63) is 47.9 Å². The van der Waals surface area contributed by atoms with Crippen LogP contribution in [0.1, 0.15) is 16.8 Å². The van der Waals surface area contributed by atoms with Gasteiger partial charge in [0.15, 0.2) is 5.78 Å². The highest BCUT2D eigenvalue weighted by Gasteiger charge is 2.07. The fourth-order valence-electron chi connectivity index (χ4n) is 1.13. The maximum atomic E-state index is 11.6. The highest BCUT2D eigenvalue weighted by molar-refractivity contribution is 7.92. The van der Waals surface area contributed by atoms with E-state index in [0.29, 0.717) is 5.56 Å². The standard InChI is InChI=1S/C11H13NO3S/c1-2-16(14,15)12-9-8-11(13)10-6-4-3-5-7-10/h2-7,12H,1,8-9H2. The minimum absolute atomic E-state index is 0.0854. The predicted octanol–water partition coefficient (Wildman–Crippen LogP) is 1.32. The Morgan fingerprint density at radius 3 is 2.50 bits per heavy atom. The fourth-order valence-corrected chi connectivity index (χ4v) is 1.64. The first-order chi connectivity index (χ1) is 7.55. The molecule has 0 aliphatic heterocycles. The number of hydrogen-bond acceptors (Lipinski definition) is 3. The van der Waals surface area contributed by atoms with Gasteiger partial charge in [0.05, 0.1) is 0 Å². The lowest BCUT2D eigenvalue weighted by Crippen LogP contribution is -2.24. The molecule has 0 atom stereocenters. The number of carbonyl (C=O) groups is 1. The van der Waals surface area contributed by atoms with E-state index in [9.17, 15) is 13.2 Å². The maximum Gasteiger partial charge on any atom is 0.233 e. The molecule has 0 saturated carbocycles. The Bertz CT molecular complexity index is 465. The van der Waals surface area contributed by atoms with Crippen LogP contribution in [0.25, 0.3) is 0 Å². The zero-order chi connectivity index (χ0) is 12.0. The van der Waals surface area contributed by atoms with Gasteiger partial charge in [-0.1, -0.05) is 36.9 Å². The van der Waals surface area contributed by atoms with E-state index >= 15 is 0 Å². The zero-order valence-corrected chi connectivity index (χ0v) is 9.53. The normalized spacial score (nSPS) is 11.0. The number of benzene rings is 1. The van der Waals surface area contributed by atoms with Crippen molar-refractivity contribution in [2.75, 3.05) is 6.54 Å². The van der Waals surface area contributed by atoms with Gasteiger partial charge in [-0.3, -0.25) is 4.79 Å². The predicted molar refractivity (Wildman–Crippen MR) is 62.5 cm³/mol. The molecule has 0 aliphatic carbocycles. The van der Waals surface area contributed by atoms with Gasteiger partial charge in [0, 0.05) is 23.9 Å². The van der Waals surface area contributed by atoms with Crippen molar-refractivity contribution in [1.29, 1.82) is 0 Å². The van der Waals surface area contributed by atoms with Gasteiger partial charge in [-0.05, 0) is 0 Å². The summed E-state index contributed by atoms with van der Waals surface area (Å²) in [6.45, 7) is 3.24. The van der Waals surface area contributed by atoms with Crippen LogP contribution < -0.4 is 4.72 Å². The molecular weight excluding hydrogens is 226 g/mol. The van der Waals surface area contributed by atoms with Gasteiger partial charge < -0.3 is 0 Å². The van der Waals surface area contributed by atoms with Gasteiger partial charge in [0.2, 0.25) is 10.0 Å². The number of carbonyl (C=O) groups excluding carboxylic acids is 1.